The second-order valence-electron chi connectivity index (χ2n) is 5.41. The summed E-state index contributed by atoms with van der Waals surface area (Å²) in [5.74, 6) is 0. The van der Waals surface area contributed by atoms with Gasteiger partial charge in [0.25, 0.3) is 0 Å². The molecule has 19 heavy (non-hydrogen) atoms. The molecule has 0 spiro atoms. The molecule has 2 nitrogen and oxygen atoms in total. The largest absolute Gasteiger partial charge is 0.389 e. The number of nitrogens with zero attached hydrogens (tertiary/aromatic N) is 1. The number of rotatable bonds is 4. The van der Waals surface area contributed by atoms with E-state index in [1.165, 1.54) is 43.4 Å². The first kappa shape index (κ1) is 14.3. The first-order chi connectivity index (χ1) is 9.15. The molecule has 1 saturated carbocycles. The zero-order valence-electron chi connectivity index (χ0n) is 12.0. The second kappa shape index (κ2) is 6.38. The van der Waals surface area contributed by atoms with Gasteiger partial charge in [0.15, 0.2) is 0 Å². The van der Waals surface area contributed by atoms with Crippen LogP contribution in [0.5, 0.6) is 0 Å². The molecular formula is C16H24N2S. The van der Waals surface area contributed by atoms with Crippen molar-refractivity contribution in [3.8, 4) is 0 Å². The fraction of sp³-hybridized carbons (Fsp3) is 0.562. The number of para-hydroxylation sites is 1. The second-order valence-corrected chi connectivity index (χ2v) is 5.85. The molecule has 0 saturated heterocycles. The van der Waals surface area contributed by atoms with Crippen molar-refractivity contribution >= 4 is 22.9 Å². The summed E-state index contributed by atoms with van der Waals surface area (Å²) in [5.41, 5.74) is 9.47. The van der Waals surface area contributed by atoms with Crippen LogP contribution in [0.1, 0.15) is 50.2 Å². The molecule has 1 fully saturated rings. The summed E-state index contributed by atoms with van der Waals surface area (Å²) < 4.78 is 0. The Hall–Kier alpha value is -1.09. The predicted molar refractivity (Wildman–Crippen MR) is 87.0 cm³/mol. The van der Waals surface area contributed by atoms with Crippen LogP contribution >= 0.6 is 12.2 Å². The average Bonchev–Trinajstić information content (AvgIpc) is 2.42. The third-order valence-electron chi connectivity index (χ3n) is 4.15. The Morgan fingerprint density at radius 3 is 2.58 bits per heavy atom. The molecule has 1 aromatic rings. The number of hydrogen-bond acceptors (Lipinski definition) is 2. The van der Waals surface area contributed by atoms with Gasteiger partial charge in [0.2, 0.25) is 0 Å². The normalized spacial score (nSPS) is 16.3. The van der Waals surface area contributed by atoms with Crippen LogP contribution in [0.15, 0.2) is 18.2 Å². The predicted octanol–water partition coefficient (Wildman–Crippen LogP) is 3.79. The maximum absolute atomic E-state index is 5.91. The third-order valence-corrected chi connectivity index (χ3v) is 4.37. The van der Waals surface area contributed by atoms with Gasteiger partial charge in [-0.1, -0.05) is 43.6 Å². The maximum atomic E-state index is 5.91. The Labute approximate surface area is 122 Å². The molecule has 0 heterocycles. The van der Waals surface area contributed by atoms with Crippen LogP contribution in [0.3, 0.4) is 0 Å². The van der Waals surface area contributed by atoms with E-state index in [2.05, 4.69) is 30.9 Å². The van der Waals surface area contributed by atoms with Crippen molar-refractivity contribution in [2.75, 3.05) is 11.4 Å². The van der Waals surface area contributed by atoms with Gasteiger partial charge in [0.1, 0.15) is 4.99 Å². The van der Waals surface area contributed by atoms with Crippen molar-refractivity contribution in [3.63, 3.8) is 0 Å². The summed E-state index contributed by atoms with van der Waals surface area (Å²) in [6.45, 7) is 5.40. The minimum Gasteiger partial charge on any atom is -0.389 e. The van der Waals surface area contributed by atoms with Crippen LogP contribution in [0.25, 0.3) is 0 Å². The monoisotopic (exact) mass is 276 g/mol. The van der Waals surface area contributed by atoms with Gasteiger partial charge >= 0.3 is 0 Å². The highest BCUT2D eigenvalue weighted by Gasteiger charge is 2.23. The fourth-order valence-electron chi connectivity index (χ4n) is 3.23. The molecule has 0 aliphatic heterocycles. The van der Waals surface area contributed by atoms with E-state index in [-0.39, 0.29) is 0 Å². The van der Waals surface area contributed by atoms with Crippen molar-refractivity contribution < 1.29 is 0 Å². The Bertz CT molecular complexity index is 450. The molecule has 3 heteroatoms. The standard InChI is InChI=1S/C16H24N2S/c1-3-18(13-9-5-4-6-10-13)15-12(2)8-7-11-14(15)16(17)19/h7-8,11,13H,3-6,9-10H2,1-2H3,(H2,17,19). The van der Waals surface area contributed by atoms with E-state index in [0.29, 0.717) is 11.0 Å². The van der Waals surface area contributed by atoms with Crippen molar-refractivity contribution in [2.45, 2.75) is 52.0 Å². The lowest BCUT2D eigenvalue weighted by molar-refractivity contribution is 0.418. The number of nitrogens with two attached hydrogens (primary N) is 1. The Morgan fingerprint density at radius 2 is 2.00 bits per heavy atom. The van der Waals surface area contributed by atoms with E-state index in [9.17, 15) is 0 Å². The lowest BCUT2D eigenvalue weighted by atomic mass is 9.92. The van der Waals surface area contributed by atoms with Gasteiger partial charge in [-0.05, 0) is 38.3 Å². The molecule has 1 aliphatic rings. The molecule has 0 radical (unpaired) electrons. The van der Waals surface area contributed by atoms with Crippen LogP contribution < -0.4 is 10.6 Å². The average molecular weight is 276 g/mol. The highest BCUT2D eigenvalue weighted by molar-refractivity contribution is 7.80. The van der Waals surface area contributed by atoms with Crippen molar-refractivity contribution in [2.24, 2.45) is 5.73 Å². The van der Waals surface area contributed by atoms with E-state index in [0.717, 1.165) is 12.1 Å². The van der Waals surface area contributed by atoms with E-state index < -0.39 is 0 Å². The van der Waals surface area contributed by atoms with Crippen molar-refractivity contribution in [3.05, 3.63) is 29.3 Å². The molecule has 0 atom stereocenters. The smallest absolute Gasteiger partial charge is 0.106 e. The molecule has 0 bridgehead atoms. The fourth-order valence-corrected chi connectivity index (χ4v) is 3.40. The molecule has 1 aliphatic carbocycles. The Kier molecular flexibility index (Phi) is 4.81. The van der Waals surface area contributed by atoms with Crippen LogP contribution in [0, 0.1) is 6.92 Å². The number of anilines is 1. The van der Waals surface area contributed by atoms with E-state index in [1.807, 2.05) is 6.07 Å². The highest BCUT2D eigenvalue weighted by atomic mass is 32.1. The zero-order valence-corrected chi connectivity index (χ0v) is 12.8. The quantitative estimate of drug-likeness (QED) is 0.848. The summed E-state index contributed by atoms with van der Waals surface area (Å²) >= 11 is 5.23. The molecule has 104 valence electrons. The summed E-state index contributed by atoms with van der Waals surface area (Å²) in [5, 5.41) is 0. The topological polar surface area (TPSA) is 29.3 Å². The number of benzene rings is 1. The van der Waals surface area contributed by atoms with Crippen LogP contribution in [0.4, 0.5) is 5.69 Å². The van der Waals surface area contributed by atoms with Gasteiger partial charge in [-0.25, -0.2) is 0 Å². The summed E-state index contributed by atoms with van der Waals surface area (Å²) in [6.07, 6.45) is 6.65. The Balaban J connectivity index is 2.39. The van der Waals surface area contributed by atoms with Gasteiger partial charge in [-0.15, -0.1) is 0 Å². The van der Waals surface area contributed by atoms with Gasteiger partial charge in [-0.3, -0.25) is 0 Å². The molecule has 2 rings (SSSR count). The Morgan fingerprint density at radius 1 is 1.32 bits per heavy atom. The van der Waals surface area contributed by atoms with Crippen LogP contribution in [-0.2, 0) is 0 Å². The maximum Gasteiger partial charge on any atom is 0.106 e. The minimum absolute atomic E-state index is 0.507. The number of thiocarbonyl (C=S) groups is 1. The highest BCUT2D eigenvalue weighted by Crippen LogP contribution is 2.32. The van der Waals surface area contributed by atoms with E-state index in [1.54, 1.807) is 0 Å². The summed E-state index contributed by atoms with van der Waals surface area (Å²) in [4.78, 5) is 3.02. The third kappa shape index (κ3) is 3.08. The summed E-state index contributed by atoms with van der Waals surface area (Å²) in [7, 11) is 0. The first-order valence-electron chi connectivity index (χ1n) is 7.31. The van der Waals surface area contributed by atoms with Crippen molar-refractivity contribution in [1.29, 1.82) is 0 Å². The lowest BCUT2D eigenvalue weighted by Gasteiger charge is -2.37. The molecule has 1 aromatic carbocycles. The van der Waals surface area contributed by atoms with Crippen LogP contribution in [0.2, 0.25) is 0 Å². The number of hydrogen-bond donors (Lipinski definition) is 1. The first-order valence-corrected chi connectivity index (χ1v) is 7.72. The molecular weight excluding hydrogens is 252 g/mol. The summed E-state index contributed by atoms with van der Waals surface area (Å²) in [6, 6.07) is 6.90. The SMILES string of the molecule is CCN(c1c(C)cccc1C(N)=S)C1CCCCC1. The van der Waals surface area contributed by atoms with Gasteiger partial charge in [-0.2, -0.15) is 0 Å². The van der Waals surface area contributed by atoms with Gasteiger partial charge < -0.3 is 10.6 Å². The minimum atomic E-state index is 0.507. The van der Waals surface area contributed by atoms with E-state index >= 15 is 0 Å². The van der Waals surface area contributed by atoms with Gasteiger partial charge in [0.05, 0.1) is 5.69 Å². The molecule has 2 N–H and O–H groups in total. The molecule has 0 amide bonds. The van der Waals surface area contributed by atoms with Crippen LogP contribution in [-0.4, -0.2) is 17.6 Å². The van der Waals surface area contributed by atoms with Gasteiger partial charge in [0, 0.05) is 18.2 Å². The molecule has 0 aromatic heterocycles. The molecule has 0 unspecified atom stereocenters. The zero-order chi connectivity index (χ0) is 13.8. The lowest BCUT2D eigenvalue weighted by Crippen LogP contribution is -2.38. The van der Waals surface area contributed by atoms with Crippen molar-refractivity contribution in [1.82, 2.24) is 0 Å². The number of aryl methyl sites for hydroxylation is 1. The van der Waals surface area contributed by atoms with E-state index in [4.69, 9.17) is 18.0 Å².